The van der Waals surface area contributed by atoms with Gasteiger partial charge in [0.05, 0.1) is 22.5 Å². The number of fused-ring (bicyclic) bond motifs is 1. The van der Waals surface area contributed by atoms with Gasteiger partial charge in [-0.05, 0) is 24.3 Å². The zero-order valence-electron chi connectivity index (χ0n) is 12.7. The van der Waals surface area contributed by atoms with E-state index < -0.39 is 11.8 Å². The molecule has 0 fully saturated rings. The Hall–Kier alpha value is -3.88. The van der Waals surface area contributed by atoms with Crippen molar-refractivity contribution in [1.82, 2.24) is 25.3 Å². The van der Waals surface area contributed by atoms with E-state index in [1.54, 1.807) is 36.7 Å². The van der Waals surface area contributed by atoms with Crippen LogP contribution in [0.3, 0.4) is 0 Å². The lowest BCUT2D eigenvalue weighted by Gasteiger charge is -2.14. The van der Waals surface area contributed by atoms with Crippen molar-refractivity contribution in [2.24, 2.45) is 0 Å². The lowest BCUT2D eigenvalue weighted by molar-refractivity contribution is 0.0879. The Morgan fingerprint density at radius 2 is 1.24 bits per heavy atom. The van der Waals surface area contributed by atoms with E-state index in [0.29, 0.717) is 34.1 Å². The molecule has 1 aliphatic heterocycles. The van der Waals surface area contributed by atoms with Crippen molar-refractivity contribution in [2.75, 3.05) is 10.6 Å². The molecule has 0 aliphatic carbocycles. The van der Waals surface area contributed by atoms with E-state index in [4.69, 9.17) is 0 Å². The normalized spacial score (nSPS) is 12.5. The summed E-state index contributed by atoms with van der Waals surface area (Å²) in [5.74, 6) is 0.231. The van der Waals surface area contributed by atoms with Crippen LogP contribution in [0.5, 0.6) is 0 Å². The van der Waals surface area contributed by atoms with E-state index in [2.05, 4.69) is 35.9 Å². The van der Waals surface area contributed by atoms with Crippen LogP contribution < -0.4 is 16.0 Å². The highest BCUT2D eigenvalue weighted by Crippen LogP contribution is 2.32. The lowest BCUT2D eigenvalue weighted by atomic mass is 10.1. The molecule has 4 rings (SSSR count). The fourth-order valence-electron chi connectivity index (χ4n) is 2.43. The Morgan fingerprint density at radius 3 is 1.64 bits per heavy atom. The van der Waals surface area contributed by atoms with Crippen molar-refractivity contribution in [3.63, 3.8) is 0 Å². The number of hydrogen-bond donors (Lipinski definition) is 3. The van der Waals surface area contributed by atoms with Gasteiger partial charge in [-0.1, -0.05) is 0 Å². The van der Waals surface area contributed by atoms with Crippen LogP contribution in [-0.4, -0.2) is 31.8 Å². The summed E-state index contributed by atoms with van der Waals surface area (Å²) >= 11 is 0. The minimum atomic E-state index is -0.431. The average Bonchev–Trinajstić information content (AvgIpc) is 2.90. The molecule has 0 saturated heterocycles. The first-order valence-electron chi connectivity index (χ1n) is 7.30. The van der Waals surface area contributed by atoms with Gasteiger partial charge in [-0.2, -0.15) is 0 Å². The molecule has 0 unspecified atom stereocenters. The number of nitrogens with zero attached hydrogens (tertiary/aromatic N) is 4. The van der Waals surface area contributed by atoms with Crippen LogP contribution in [-0.2, 0) is 0 Å². The molecule has 0 radical (unpaired) electrons. The Balaban J connectivity index is 1.78. The molecule has 0 spiro atoms. The van der Waals surface area contributed by atoms with Crippen molar-refractivity contribution >= 4 is 34.8 Å². The molecule has 0 atom stereocenters. The average molecular weight is 333 g/mol. The maximum atomic E-state index is 11.9. The summed E-state index contributed by atoms with van der Waals surface area (Å²) in [5, 5.41) is 8.50. The van der Waals surface area contributed by atoms with Crippen LogP contribution in [0.1, 0.15) is 20.7 Å². The van der Waals surface area contributed by atoms with Crippen LogP contribution >= 0.6 is 0 Å². The quantitative estimate of drug-likeness (QED) is 0.616. The standard InChI is InChI=1S/C16H11N7O2/c24-15-9-5-11(21-13-1-3-17-7-19-13)12(6-10(9)16(25)23-15)22-14-2-4-18-8-20-14/h1-8H,(H,17,19,21)(H,18,20,22)(H,23,24,25). The fraction of sp³-hybridized carbons (Fsp3) is 0. The summed E-state index contributed by atoms with van der Waals surface area (Å²) < 4.78 is 0. The number of imide groups is 1. The van der Waals surface area contributed by atoms with Crippen LogP contribution in [0.2, 0.25) is 0 Å². The number of rotatable bonds is 4. The van der Waals surface area contributed by atoms with Crippen molar-refractivity contribution in [3.05, 3.63) is 60.4 Å². The summed E-state index contributed by atoms with van der Waals surface area (Å²) in [4.78, 5) is 39.8. The van der Waals surface area contributed by atoms with Gasteiger partial charge in [0.2, 0.25) is 0 Å². The van der Waals surface area contributed by atoms with Crippen LogP contribution in [0.25, 0.3) is 0 Å². The molecule has 0 bridgehead atoms. The Bertz CT molecular complexity index is 882. The Kier molecular flexibility index (Phi) is 3.51. The third kappa shape index (κ3) is 2.85. The predicted molar refractivity (Wildman–Crippen MR) is 88.9 cm³/mol. The summed E-state index contributed by atoms with van der Waals surface area (Å²) in [6.07, 6.45) is 6.00. The van der Waals surface area contributed by atoms with Gasteiger partial charge < -0.3 is 10.6 Å². The van der Waals surface area contributed by atoms with Crippen LogP contribution in [0, 0.1) is 0 Å². The first-order chi connectivity index (χ1) is 12.2. The van der Waals surface area contributed by atoms with Gasteiger partial charge in [-0.15, -0.1) is 0 Å². The minimum absolute atomic E-state index is 0.301. The number of anilines is 4. The predicted octanol–water partition coefficient (Wildman–Crippen LogP) is 1.64. The van der Waals surface area contributed by atoms with Crippen molar-refractivity contribution in [3.8, 4) is 0 Å². The van der Waals surface area contributed by atoms with Gasteiger partial charge >= 0.3 is 0 Å². The highest BCUT2D eigenvalue weighted by molar-refractivity contribution is 6.22. The maximum absolute atomic E-state index is 11.9. The third-order valence-electron chi connectivity index (χ3n) is 3.56. The zero-order valence-corrected chi connectivity index (χ0v) is 12.7. The van der Waals surface area contributed by atoms with Gasteiger partial charge in [0.15, 0.2) is 0 Å². The summed E-state index contributed by atoms with van der Waals surface area (Å²) in [6, 6.07) is 6.57. The molecule has 9 nitrogen and oxygen atoms in total. The molecule has 0 saturated carbocycles. The first-order valence-corrected chi connectivity index (χ1v) is 7.30. The minimum Gasteiger partial charge on any atom is -0.338 e. The van der Waals surface area contributed by atoms with E-state index >= 15 is 0 Å². The SMILES string of the molecule is O=C1NC(=O)c2cc(Nc3ccncn3)c(Nc3ccncn3)cc21. The number of hydrogen-bond acceptors (Lipinski definition) is 8. The summed E-state index contributed by atoms with van der Waals surface area (Å²) in [5.41, 5.74) is 1.74. The molecule has 1 aliphatic rings. The van der Waals surface area contributed by atoms with Crippen LogP contribution in [0.4, 0.5) is 23.0 Å². The van der Waals surface area contributed by atoms with Crippen molar-refractivity contribution < 1.29 is 9.59 Å². The topological polar surface area (TPSA) is 122 Å². The number of carbonyl (C=O) groups is 2. The van der Waals surface area contributed by atoms with Gasteiger partial charge in [0, 0.05) is 12.4 Å². The highest BCUT2D eigenvalue weighted by Gasteiger charge is 2.28. The number of aromatic nitrogens is 4. The summed E-state index contributed by atoms with van der Waals surface area (Å²) in [6.45, 7) is 0. The van der Waals surface area contributed by atoms with Crippen molar-refractivity contribution in [1.29, 1.82) is 0 Å². The molecule has 2 aromatic heterocycles. The molecular weight excluding hydrogens is 322 g/mol. The third-order valence-corrected chi connectivity index (χ3v) is 3.56. The van der Waals surface area contributed by atoms with E-state index in [1.165, 1.54) is 12.7 Å². The molecule has 2 amide bonds. The largest absolute Gasteiger partial charge is 0.338 e. The second-order valence-corrected chi connectivity index (χ2v) is 5.17. The molecule has 1 aromatic carbocycles. The smallest absolute Gasteiger partial charge is 0.259 e. The molecule has 25 heavy (non-hydrogen) atoms. The van der Waals surface area contributed by atoms with Gasteiger partial charge in [0.25, 0.3) is 11.8 Å². The molecule has 3 aromatic rings. The molecule has 3 N–H and O–H groups in total. The maximum Gasteiger partial charge on any atom is 0.259 e. The first kappa shape index (κ1) is 14.7. The van der Waals surface area contributed by atoms with E-state index in [1.807, 2.05) is 0 Å². The van der Waals surface area contributed by atoms with Crippen LogP contribution in [0.15, 0.2) is 49.3 Å². The Morgan fingerprint density at radius 1 is 0.760 bits per heavy atom. The van der Waals surface area contributed by atoms with Gasteiger partial charge in [-0.25, -0.2) is 19.9 Å². The molecule has 9 heteroatoms. The summed E-state index contributed by atoms with van der Waals surface area (Å²) in [7, 11) is 0. The van der Waals surface area contributed by atoms with Gasteiger partial charge in [0.1, 0.15) is 24.3 Å². The van der Waals surface area contributed by atoms with E-state index in [0.717, 1.165) is 0 Å². The second kappa shape index (κ2) is 5.96. The number of nitrogens with one attached hydrogen (secondary N) is 3. The molecule has 122 valence electrons. The second-order valence-electron chi connectivity index (χ2n) is 5.17. The fourth-order valence-corrected chi connectivity index (χ4v) is 2.43. The number of amides is 2. The monoisotopic (exact) mass is 333 g/mol. The zero-order chi connectivity index (χ0) is 17.2. The van der Waals surface area contributed by atoms with E-state index in [9.17, 15) is 9.59 Å². The van der Waals surface area contributed by atoms with Gasteiger partial charge in [-0.3, -0.25) is 14.9 Å². The molecule has 3 heterocycles. The Labute approximate surface area is 141 Å². The molecular formula is C16H11N7O2. The number of carbonyl (C=O) groups excluding carboxylic acids is 2. The highest BCUT2D eigenvalue weighted by atomic mass is 16.2. The number of benzene rings is 1. The van der Waals surface area contributed by atoms with E-state index in [-0.39, 0.29) is 0 Å². The lowest BCUT2D eigenvalue weighted by Crippen LogP contribution is -2.19. The van der Waals surface area contributed by atoms with Crippen molar-refractivity contribution in [2.45, 2.75) is 0 Å².